The van der Waals surface area contributed by atoms with Crippen LogP contribution < -0.4 is 15.4 Å². The van der Waals surface area contributed by atoms with Crippen LogP contribution in [-0.4, -0.2) is 18.9 Å². The summed E-state index contributed by atoms with van der Waals surface area (Å²) in [7, 11) is 1.62. The van der Waals surface area contributed by atoms with Crippen molar-refractivity contribution in [3.05, 3.63) is 90.0 Å². The quantitative estimate of drug-likeness (QED) is 0.639. The SMILES string of the molecule is COc1ccccc1CCC(=O)Nc1ccc(C(=O)Nc2ccccc2)cc1. The van der Waals surface area contributed by atoms with Crippen LogP contribution in [0.4, 0.5) is 11.4 Å². The summed E-state index contributed by atoms with van der Waals surface area (Å²) in [6.45, 7) is 0. The van der Waals surface area contributed by atoms with Gasteiger partial charge < -0.3 is 15.4 Å². The van der Waals surface area contributed by atoms with Crippen molar-refractivity contribution in [3.8, 4) is 5.75 Å². The molecule has 0 unspecified atom stereocenters. The number of amides is 2. The Morgan fingerprint density at radius 1 is 0.786 bits per heavy atom. The maximum Gasteiger partial charge on any atom is 0.255 e. The summed E-state index contributed by atoms with van der Waals surface area (Å²) in [5.74, 6) is 0.497. The first-order valence-electron chi connectivity index (χ1n) is 9.04. The van der Waals surface area contributed by atoms with Crippen molar-refractivity contribution in [3.63, 3.8) is 0 Å². The van der Waals surface area contributed by atoms with Crippen LogP contribution in [0.1, 0.15) is 22.3 Å². The molecule has 0 aliphatic rings. The summed E-state index contributed by atoms with van der Waals surface area (Å²) >= 11 is 0. The first kappa shape index (κ1) is 19.2. The van der Waals surface area contributed by atoms with Crippen LogP contribution in [0.25, 0.3) is 0 Å². The van der Waals surface area contributed by atoms with E-state index in [0.29, 0.717) is 24.1 Å². The van der Waals surface area contributed by atoms with E-state index in [-0.39, 0.29) is 11.8 Å². The summed E-state index contributed by atoms with van der Waals surface area (Å²) in [6.07, 6.45) is 0.935. The molecule has 28 heavy (non-hydrogen) atoms. The number of carbonyl (C=O) groups excluding carboxylic acids is 2. The molecule has 0 bridgehead atoms. The maximum atomic E-state index is 12.3. The highest BCUT2D eigenvalue weighted by Crippen LogP contribution is 2.19. The Labute approximate surface area is 164 Å². The van der Waals surface area contributed by atoms with Gasteiger partial charge in [-0.1, -0.05) is 36.4 Å². The fourth-order valence-electron chi connectivity index (χ4n) is 2.81. The van der Waals surface area contributed by atoms with Gasteiger partial charge in [-0.25, -0.2) is 0 Å². The average Bonchev–Trinajstić information content (AvgIpc) is 2.73. The van der Waals surface area contributed by atoms with Gasteiger partial charge in [0.05, 0.1) is 7.11 Å². The third-order valence-electron chi connectivity index (χ3n) is 4.28. The molecule has 0 atom stereocenters. The van der Waals surface area contributed by atoms with Crippen LogP contribution in [0.3, 0.4) is 0 Å². The summed E-state index contributed by atoms with van der Waals surface area (Å²) in [5, 5.41) is 5.68. The Morgan fingerprint density at radius 3 is 2.14 bits per heavy atom. The van der Waals surface area contributed by atoms with Crippen molar-refractivity contribution in [1.82, 2.24) is 0 Å². The highest BCUT2D eigenvalue weighted by atomic mass is 16.5. The molecular formula is C23H22N2O3. The van der Waals surface area contributed by atoms with E-state index in [2.05, 4.69) is 10.6 Å². The Morgan fingerprint density at radius 2 is 1.43 bits per heavy atom. The third kappa shape index (κ3) is 5.20. The highest BCUT2D eigenvalue weighted by Gasteiger charge is 2.09. The van der Waals surface area contributed by atoms with Crippen molar-refractivity contribution in [1.29, 1.82) is 0 Å². The van der Waals surface area contributed by atoms with Crippen LogP contribution in [0.15, 0.2) is 78.9 Å². The van der Waals surface area contributed by atoms with Crippen LogP contribution >= 0.6 is 0 Å². The van der Waals surface area contributed by atoms with Gasteiger partial charge in [-0.3, -0.25) is 9.59 Å². The molecular weight excluding hydrogens is 352 g/mol. The van der Waals surface area contributed by atoms with E-state index in [1.165, 1.54) is 0 Å². The number of ether oxygens (including phenoxy) is 1. The van der Waals surface area contributed by atoms with E-state index in [9.17, 15) is 9.59 Å². The van der Waals surface area contributed by atoms with Gasteiger partial charge in [-0.2, -0.15) is 0 Å². The molecule has 3 aromatic carbocycles. The van der Waals surface area contributed by atoms with Crippen molar-refractivity contribution >= 4 is 23.2 Å². The van der Waals surface area contributed by atoms with Crippen molar-refractivity contribution < 1.29 is 14.3 Å². The smallest absolute Gasteiger partial charge is 0.255 e. The molecule has 3 aromatic rings. The Kier molecular flexibility index (Phi) is 6.41. The summed E-state index contributed by atoms with van der Waals surface area (Å²) in [4.78, 5) is 24.5. The van der Waals surface area contributed by atoms with E-state index in [4.69, 9.17) is 4.74 Å². The number of methoxy groups -OCH3 is 1. The van der Waals surface area contributed by atoms with Gasteiger partial charge in [0, 0.05) is 23.4 Å². The Bertz CT molecular complexity index is 938. The predicted octanol–water partition coefficient (Wildman–Crippen LogP) is 4.52. The number of rotatable bonds is 7. The average molecular weight is 374 g/mol. The molecule has 0 saturated carbocycles. The highest BCUT2D eigenvalue weighted by molar-refractivity contribution is 6.04. The van der Waals surface area contributed by atoms with Gasteiger partial charge in [0.25, 0.3) is 5.91 Å². The minimum Gasteiger partial charge on any atom is -0.496 e. The normalized spacial score (nSPS) is 10.2. The topological polar surface area (TPSA) is 67.4 Å². The molecule has 0 aliphatic carbocycles. The molecule has 0 aliphatic heterocycles. The number of nitrogens with one attached hydrogen (secondary N) is 2. The molecule has 0 saturated heterocycles. The van der Waals surface area contributed by atoms with Gasteiger partial charge in [0.15, 0.2) is 0 Å². The van der Waals surface area contributed by atoms with Crippen LogP contribution in [0.5, 0.6) is 5.75 Å². The minimum absolute atomic E-state index is 0.0904. The van der Waals surface area contributed by atoms with E-state index >= 15 is 0 Å². The van der Waals surface area contributed by atoms with Crippen LogP contribution in [0.2, 0.25) is 0 Å². The number of carbonyl (C=O) groups is 2. The van der Waals surface area contributed by atoms with Gasteiger partial charge in [0.2, 0.25) is 5.91 Å². The van der Waals surface area contributed by atoms with E-state index < -0.39 is 0 Å². The second-order valence-electron chi connectivity index (χ2n) is 6.26. The second kappa shape index (κ2) is 9.37. The molecule has 0 aromatic heterocycles. The lowest BCUT2D eigenvalue weighted by atomic mass is 10.1. The molecule has 0 spiro atoms. The molecule has 5 heteroatoms. The van der Waals surface area contributed by atoms with E-state index in [0.717, 1.165) is 17.0 Å². The largest absolute Gasteiger partial charge is 0.496 e. The van der Waals surface area contributed by atoms with Crippen molar-refractivity contribution in [2.75, 3.05) is 17.7 Å². The maximum absolute atomic E-state index is 12.3. The zero-order valence-electron chi connectivity index (χ0n) is 15.6. The Hall–Kier alpha value is -3.60. The van der Waals surface area contributed by atoms with Gasteiger partial charge >= 0.3 is 0 Å². The molecule has 2 N–H and O–H groups in total. The van der Waals surface area contributed by atoms with Crippen LogP contribution in [-0.2, 0) is 11.2 Å². The second-order valence-corrected chi connectivity index (χ2v) is 6.26. The predicted molar refractivity (Wildman–Crippen MR) is 111 cm³/mol. The van der Waals surface area contributed by atoms with Crippen molar-refractivity contribution in [2.24, 2.45) is 0 Å². The molecule has 0 fully saturated rings. The Balaban J connectivity index is 1.53. The van der Waals surface area contributed by atoms with E-state index in [1.54, 1.807) is 31.4 Å². The summed E-state index contributed by atoms with van der Waals surface area (Å²) in [6, 6.07) is 23.7. The lowest BCUT2D eigenvalue weighted by molar-refractivity contribution is -0.116. The number of hydrogen-bond acceptors (Lipinski definition) is 3. The minimum atomic E-state index is -0.194. The van der Waals surface area contributed by atoms with Crippen LogP contribution in [0, 0.1) is 0 Å². The molecule has 2 amide bonds. The number of aryl methyl sites for hydroxylation is 1. The van der Waals surface area contributed by atoms with Gasteiger partial charge in [-0.15, -0.1) is 0 Å². The summed E-state index contributed by atoms with van der Waals surface area (Å²) in [5.41, 5.74) is 2.91. The molecule has 0 heterocycles. The lowest BCUT2D eigenvalue weighted by Crippen LogP contribution is -2.14. The molecule has 142 valence electrons. The zero-order chi connectivity index (χ0) is 19.8. The fraction of sp³-hybridized carbons (Fsp3) is 0.130. The van der Waals surface area contributed by atoms with Gasteiger partial charge in [-0.05, 0) is 54.4 Å². The lowest BCUT2D eigenvalue weighted by Gasteiger charge is -2.09. The first-order valence-corrected chi connectivity index (χ1v) is 9.04. The molecule has 3 rings (SSSR count). The van der Waals surface area contributed by atoms with Gasteiger partial charge in [0.1, 0.15) is 5.75 Å². The van der Waals surface area contributed by atoms with Crippen molar-refractivity contribution in [2.45, 2.75) is 12.8 Å². The first-order chi connectivity index (χ1) is 13.7. The number of anilines is 2. The standard InChI is InChI=1S/C23H22N2O3/c1-28-21-10-6-5-7-17(21)13-16-22(26)24-20-14-11-18(12-15-20)23(27)25-19-8-3-2-4-9-19/h2-12,14-15H,13,16H2,1H3,(H,24,26)(H,25,27). The molecule has 5 nitrogen and oxygen atoms in total. The van der Waals surface area contributed by atoms with E-state index in [1.807, 2.05) is 54.6 Å². The number of para-hydroxylation sites is 2. The number of benzene rings is 3. The zero-order valence-corrected chi connectivity index (χ0v) is 15.6. The number of hydrogen-bond donors (Lipinski definition) is 2. The molecule has 0 radical (unpaired) electrons. The monoisotopic (exact) mass is 374 g/mol. The fourth-order valence-corrected chi connectivity index (χ4v) is 2.81. The summed E-state index contributed by atoms with van der Waals surface area (Å²) < 4.78 is 5.30. The third-order valence-corrected chi connectivity index (χ3v) is 4.28.